The van der Waals surface area contributed by atoms with Gasteiger partial charge in [0.25, 0.3) is 11.8 Å². The Labute approximate surface area is 205 Å². The van der Waals surface area contributed by atoms with Crippen molar-refractivity contribution >= 4 is 17.7 Å². The number of aromatic nitrogens is 1. The van der Waals surface area contributed by atoms with E-state index in [4.69, 9.17) is 9.26 Å². The average molecular weight is 477 g/mol. The van der Waals surface area contributed by atoms with Gasteiger partial charge in [-0.1, -0.05) is 67.2 Å². The maximum Gasteiger partial charge on any atom is 0.291 e. The van der Waals surface area contributed by atoms with Gasteiger partial charge in [-0.2, -0.15) is 0 Å². The van der Waals surface area contributed by atoms with Crippen LogP contribution in [0, 0.1) is 17.8 Å². The molecule has 0 saturated heterocycles. The Kier molecular flexibility index (Phi) is 6.68. The average Bonchev–Trinajstić information content (AvgIpc) is 3.20. The molecule has 3 aromatic rings. The molecule has 2 aromatic carbocycles. The molecule has 2 unspecified atom stereocenters. The minimum Gasteiger partial charge on any atom is -0.470 e. The molecule has 2 aliphatic carbocycles. The lowest BCUT2D eigenvalue weighted by atomic mass is 9.62. The van der Waals surface area contributed by atoms with E-state index in [9.17, 15) is 4.79 Å². The number of ether oxygens (including phenoxy) is 1. The lowest BCUT2D eigenvalue weighted by Crippen LogP contribution is -2.52. The fourth-order valence-corrected chi connectivity index (χ4v) is 6.88. The smallest absolute Gasteiger partial charge is 0.291 e. The van der Waals surface area contributed by atoms with Gasteiger partial charge in [0.05, 0.1) is 0 Å². The van der Waals surface area contributed by atoms with Crippen LogP contribution >= 0.6 is 11.8 Å². The topological polar surface area (TPSA) is 64.4 Å². The van der Waals surface area contributed by atoms with Crippen LogP contribution in [0.2, 0.25) is 0 Å². The number of hydrogen-bond acceptors (Lipinski definition) is 5. The summed E-state index contributed by atoms with van der Waals surface area (Å²) in [6, 6.07) is 19.8. The van der Waals surface area contributed by atoms with Crippen LogP contribution in [-0.2, 0) is 6.61 Å². The van der Waals surface area contributed by atoms with Crippen molar-refractivity contribution < 1.29 is 14.1 Å². The first-order chi connectivity index (χ1) is 16.5. The van der Waals surface area contributed by atoms with E-state index in [1.54, 1.807) is 0 Å². The van der Waals surface area contributed by atoms with E-state index >= 15 is 0 Å². The summed E-state index contributed by atoms with van der Waals surface area (Å²) in [5, 5.41) is 7.48. The summed E-state index contributed by atoms with van der Waals surface area (Å²) in [6.45, 7) is 4.91. The lowest BCUT2D eigenvalue weighted by Gasteiger charge is -2.47. The van der Waals surface area contributed by atoms with Gasteiger partial charge in [-0.05, 0) is 79.6 Å². The summed E-state index contributed by atoms with van der Waals surface area (Å²) in [4.78, 5) is 15.1. The third-order valence-corrected chi connectivity index (χ3v) is 8.11. The second-order valence-electron chi connectivity index (χ2n) is 10.3. The van der Waals surface area contributed by atoms with Crippen LogP contribution < -0.4 is 10.1 Å². The van der Waals surface area contributed by atoms with E-state index in [1.165, 1.54) is 31.0 Å². The van der Waals surface area contributed by atoms with Crippen LogP contribution in [0.4, 0.5) is 0 Å². The second-order valence-corrected chi connectivity index (χ2v) is 11.4. The molecule has 2 atom stereocenters. The molecule has 178 valence electrons. The van der Waals surface area contributed by atoms with Crippen LogP contribution in [0.3, 0.4) is 0 Å². The van der Waals surface area contributed by atoms with E-state index in [1.807, 2.05) is 60.7 Å². The van der Waals surface area contributed by atoms with E-state index < -0.39 is 0 Å². The summed E-state index contributed by atoms with van der Waals surface area (Å²) in [5.74, 6) is 2.52. The summed E-state index contributed by atoms with van der Waals surface area (Å²) >= 11 is 1.45. The molecule has 0 aliphatic heterocycles. The molecule has 1 amide bonds. The van der Waals surface area contributed by atoms with Gasteiger partial charge in [-0.25, -0.2) is 0 Å². The number of hydrogen-bond donors (Lipinski definition) is 1. The number of fused-ring (bicyclic) bond motifs is 2. The molecule has 1 N–H and O–H groups in total. The molecule has 6 heteroatoms. The van der Waals surface area contributed by atoms with E-state index in [0.717, 1.165) is 29.2 Å². The number of benzene rings is 2. The molecule has 2 aliphatic rings. The SMILES string of the molecule is CC1CC2CC(C1)CC(C)(NC(=O)c1onc(OCc3ccccc3)c1Sc1ccccc1)C2. The van der Waals surface area contributed by atoms with Crippen LogP contribution in [0.1, 0.15) is 62.1 Å². The molecule has 5 rings (SSSR count). The highest BCUT2D eigenvalue weighted by Crippen LogP contribution is 2.46. The molecule has 0 spiro atoms. The molecule has 34 heavy (non-hydrogen) atoms. The zero-order chi connectivity index (χ0) is 23.5. The molecular formula is C28H32N2O3S. The van der Waals surface area contributed by atoms with Crippen molar-refractivity contribution in [1.82, 2.24) is 10.5 Å². The Bertz CT molecular complexity index is 1100. The molecule has 2 saturated carbocycles. The van der Waals surface area contributed by atoms with Crippen molar-refractivity contribution in [2.24, 2.45) is 17.8 Å². The summed E-state index contributed by atoms with van der Waals surface area (Å²) < 4.78 is 11.6. The van der Waals surface area contributed by atoms with Crippen LogP contribution in [0.15, 0.2) is 75.0 Å². The van der Waals surface area contributed by atoms with Crippen LogP contribution in [-0.4, -0.2) is 16.6 Å². The molecule has 0 radical (unpaired) electrons. The van der Waals surface area contributed by atoms with Crippen LogP contribution in [0.25, 0.3) is 0 Å². The number of carbonyl (C=O) groups excluding carboxylic acids is 1. The Morgan fingerprint density at radius 2 is 1.71 bits per heavy atom. The first-order valence-electron chi connectivity index (χ1n) is 12.2. The van der Waals surface area contributed by atoms with Gasteiger partial charge >= 0.3 is 0 Å². The van der Waals surface area contributed by atoms with Crippen LogP contribution in [0.5, 0.6) is 5.88 Å². The van der Waals surface area contributed by atoms with Gasteiger partial charge in [0.2, 0.25) is 5.76 Å². The molecule has 5 nitrogen and oxygen atoms in total. The molecule has 2 bridgehead atoms. The molecule has 2 fully saturated rings. The first kappa shape index (κ1) is 23.0. The third kappa shape index (κ3) is 5.33. The van der Waals surface area contributed by atoms with Crippen molar-refractivity contribution in [1.29, 1.82) is 0 Å². The molecular weight excluding hydrogens is 444 g/mol. The Hall–Kier alpha value is -2.73. The highest BCUT2D eigenvalue weighted by Gasteiger charge is 2.42. The fourth-order valence-electron chi connectivity index (χ4n) is 5.95. The van der Waals surface area contributed by atoms with Gasteiger partial charge < -0.3 is 14.6 Å². The normalized spacial score (nSPS) is 26.1. The van der Waals surface area contributed by atoms with Gasteiger partial charge in [-0.3, -0.25) is 4.79 Å². The third-order valence-electron chi connectivity index (χ3n) is 7.04. The Morgan fingerprint density at radius 3 is 2.38 bits per heavy atom. The zero-order valence-electron chi connectivity index (χ0n) is 19.8. The summed E-state index contributed by atoms with van der Waals surface area (Å²) in [7, 11) is 0. The maximum absolute atomic E-state index is 13.5. The number of amides is 1. The lowest BCUT2D eigenvalue weighted by molar-refractivity contribution is 0.0591. The minimum atomic E-state index is -0.225. The second kappa shape index (κ2) is 9.87. The Morgan fingerprint density at radius 1 is 1.06 bits per heavy atom. The quantitative estimate of drug-likeness (QED) is 0.409. The van der Waals surface area contributed by atoms with Crippen molar-refractivity contribution in [3.8, 4) is 5.88 Å². The zero-order valence-corrected chi connectivity index (χ0v) is 20.6. The monoisotopic (exact) mass is 476 g/mol. The van der Waals surface area contributed by atoms with E-state index in [-0.39, 0.29) is 17.2 Å². The van der Waals surface area contributed by atoms with E-state index in [0.29, 0.717) is 29.2 Å². The van der Waals surface area contributed by atoms with Crippen molar-refractivity contribution in [3.05, 3.63) is 72.0 Å². The van der Waals surface area contributed by atoms with Gasteiger partial charge in [0.1, 0.15) is 11.5 Å². The fraction of sp³-hybridized carbons (Fsp3) is 0.429. The first-order valence-corrected chi connectivity index (χ1v) is 13.0. The Balaban J connectivity index is 1.36. The number of rotatable bonds is 7. The molecule has 1 aromatic heterocycles. The summed E-state index contributed by atoms with van der Waals surface area (Å²) in [6.07, 6.45) is 5.86. The molecule has 1 heterocycles. The van der Waals surface area contributed by atoms with Gasteiger partial charge in [0, 0.05) is 10.4 Å². The minimum absolute atomic E-state index is 0.212. The number of nitrogens with zero attached hydrogens (tertiary/aromatic N) is 1. The highest BCUT2D eigenvalue weighted by molar-refractivity contribution is 7.99. The summed E-state index contributed by atoms with van der Waals surface area (Å²) in [5.41, 5.74) is 0.805. The van der Waals surface area contributed by atoms with Gasteiger partial charge in [-0.15, -0.1) is 0 Å². The van der Waals surface area contributed by atoms with Crippen molar-refractivity contribution in [2.75, 3.05) is 0 Å². The van der Waals surface area contributed by atoms with E-state index in [2.05, 4.69) is 24.3 Å². The van der Waals surface area contributed by atoms with Crippen molar-refractivity contribution in [3.63, 3.8) is 0 Å². The highest BCUT2D eigenvalue weighted by atomic mass is 32.2. The predicted octanol–water partition coefficient (Wildman–Crippen LogP) is 6.74. The standard InChI is InChI=1S/C28H32N2O3S/c1-19-13-21-15-22(14-19)17-28(2,16-21)29-26(31)24-25(34-23-11-7-4-8-12-23)27(30-33-24)32-18-20-9-5-3-6-10-20/h3-12,19,21-22H,13-18H2,1-2H3,(H,29,31). The largest absolute Gasteiger partial charge is 0.470 e. The van der Waals surface area contributed by atoms with Crippen molar-refractivity contribution in [2.45, 2.75) is 67.9 Å². The number of nitrogens with one attached hydrogen (secondary N) is 1. The number of carbonyl (C=O) groups is 1. The predicted molar refractivity (Wildman–Crippen MR) is 133 cm³/mol. The maximum atomic E-state index is 13.5. The van der Waals surface area contributed by atoms with Gasteiger partial charge in [0.15, 0.2) is 0 Å².